The van der Waals surface area contributed by atoms with E-state index >= 15 is 0 Å². The maximum absolute atomic E-state index is 4.38. The summed E-state index contributed by atoms with van der Waals surface area (Å²) in [5, 5.41) is 8.38. The lowest BCUT2D eigenvalue weighted by Crippen LogP contribution is -2.01. The van der Waals surface area contributed by atoms with Crippen LogP contribution in [-0.4, -0.2) is 12.0 Å². The van der Waals surface area contributed by atoms with Gasteiger partial charge in [0.25, 0.3) is 0 Å². The highest BCUT2D eigenvalue weighted by Gasteiger charge is 1.99. The van der Waals surface area contributed by atoms with Crippen molar-refractivity contribution in [3.63, 3.8) is 0 Å². The van der Waals surface area contributed by atoms with E-state index in [0.717, 1.165) is 22.7 Å². The SMILES string of the molecule is CNc1cccc(NCc2cc(Br)cs2)n1. The molecule has 0 aliphatic heterocycles. The summed E-state index contributed by atoms with van der Waals surface area (Å²) in [6, 6.07) is 7.99. The van der Waals surface area contributed by atoms with Gasteiger partial charge in [-0.15, -0.1) is 11.3 Å². The van der Waals surface area contributed by atoms with Gasteiger partial charge in [0.2, 0.25) is 0 Å². The van der Waals surface area contributed by atoms with Gasteiger partial charge in [-0.25, -0.2) is 4.98 Å². The molecule has 2 aromatic rings. The van der Waals surface area contributed by atoms with Crippen LogP contribution < -0.4 is 10.6 Å². The van der Waals surface area contributed by atoms with E-state index in [1.54, 1.807) is 11.3 Å². The molecule has 0 spiro atoms. The summed E-state index contributed by atoms with van der Waals surface area (Å²) < 4.78 is 1.13. The number of rotatable bonds is 4. The Kier molecular flexibility index (Phi) is 3.79. The lowest BCUT2D eigenvalue weighted by atomic mass is 10.4. The maximum atomic E-state index is 4.38. The third-order valence-corrected chi connectivity index (χ3v) is 3.77. The van der Waals surface area contributed by atoms with Crippen LogP contribution in [-0.2, 0) is 6.54 Å². The zero-order chi connectivity index (χ0) is 11.4. The van der Waals surface area contributed by atoms with E-state index in [-0.39, 0.29) is 0 Å². The molecule has 3 nitrogen and oxygen atoms in total. The zero-order valence-electron chi connectivity index (χ0n) is 8.83. The smallest absolute Gasteiger partial charge is 0.128 e. The molecule has 0 saturated carbocycles. The van der Waals surface area contributed by atoms with Crippen LogP contribution in [0.1, 0.15) is 4.88 Å². The number of hydrogen-bond donors (Lipinski definition) is 2. The molecule has 0 aliphatic carbocycles. The average Bonchev–Trinajstić information content (AvgIpc) is 2.73. The van der Waals surface area contributed by atoms with Crippen molar-refractivity contribution >= 4 is 38.9 Å². The number of pyridine rings is 1. The van der Waals surface area contributed by atoms with Crippen LogP contribution in [0.5, 0.6) is 0 Å². The molecule has 2 N–H and O–H groups in total. The van der Waals surface area contributed by atoms with Crippen molar-refractivity contribution in [3.8, 4) is 0 Å². The molecule has 84 valence electrons. The summed E-state index contributed by atoms with van der Waals surface area (Å²) >= 11 is 5.16. The van der Waals surface area contributed by atoms with Gasteiger partial charge < -0.3 is 10.6 Å². The first-order valence-corrected chi connectivity index (χ1v) is 6.57. The Hall–Kier alpha value is -1.07. The van der Waals surface area contributed by atoms with Crippen LogP contribution in [0.2, 0.25) is 0 Å². The molecule has 0 unspecified atom stereocenters. The summed E-state index contributed by atoms with van der Waals surface area (Å²) in [6.07, 6.45) is 0. The Morgan fingerprint density at radius 3 is 2.88 bits per heavy atom. The fourth-order valence-electron chi connectivity index (χ4n) is 1.30. The quantitative estimate of drug-likeness (QED) is 0.906. The minimum absolute atomic E-state index is 0.802. The first kappa shape index (κ1) is 11.4. The molecule has 2 rings (SSSR count). The molecule has 16 heavy (non-hydrogen) atoms. The van der Waals surface area contributed by atoms with Crippen LogP contribution in [0, 0.1) is 0 Å². The van der Waals surface area contributed by atoms with Crippen molar-refractivity contribution in [1.29, 1.82) is 0 Å². The molecule has 0 fully saturated rings. The van der Waals surface area contributed by atoms with Crippen LogP contribution >= 0.6 is 27.3 Å². The molecule has 0 amide bonds. The molecular weight excluding hydrogens is 286 g/mol. The number of halogens is 1. The third kappa shape index (κ3) is 2.96. The van der Waals surface area contributed by atoms with Gasteiger partial charge in [0.15, 0.2) is 0 Å². The highest BCUT2D eigenvalue weighted by molar-refractivity contribution is 9.10. The number of nitrogens with one attached hydrogen (secondary N) is 2. The Bertz CT molecular complexity index is 470. The summed E-state index contributed by atoms with van der Waals surface area (Å²) in [5.74, 6) is 1.76. The summed E-state index contributed by atoms with van der Waals surface area (Å²) in [7, 11) is 1.86. The minimum Gasteiger partial charge on any atom is -0.373 e. The summed E-state index contributed by atoms with van der Waals surface area (Å²) in [6.45, 7) is 0.802. The fraction of sp³-hybridized carbons (Fsp3) is 0.182. The standard InChI is InChI=1S/C11H12BrN3S/c1-13-10-3-2-4-11(15-10)14-6-9-5-8(12)7-16-9/h2-5,7H,6H2,1H3,(H2,13,14,15). The summed E-state index contributed by atoms with van der Waals surface area (Å²) in [4.78, 5) is 5.66. The normalized spacial score (nSPS) is 10.1. The van der Waals surface area contributed by atoms with Gasteiger partial charge >= 0.3 is 0 Å². The molecule has 2 aromatic heterocycles. The van der Waals surface area contributed by atoms with Crippen molar-refractivity contribution in [1.82, 2.24) is 4.98 Å². The van der Waals surface area contributed by atoms with Crippen molar-refractivity contribution < 1.29 is 0 Å². The van der Waals surface area contributed by atoms with Gasteiger partial charge in [-0.1, -0.05) is 6.07 Å². The van der Waals surface area contributed by atoms with Crippen molar-refractivity contribution in [2.45, 2.75) is 6.54 Å². The predicted octanol–water partition coefficient (Wildman–Crippen LogP) is 3.56. The van der Waals surface area contributed by atoms with Crippen molar-refractivity contribution in [2.24, 2.45) is 0 Å². The third-order valence-electron chi connectivity index (χ3n) is 2.07. The molecule has 5 heteroatoms. The molecule has 0 saturated heterocycles. The minimum atomic E-state index is 0.802. The number of aromatic nitrogens is 1. The largest absolute Gasteiger partial charge is 0.373 e. The molecule has 0 aliphatic rings. The second-order valence-corrected chi connectivity index (χ2v) is 5.15. The lowest BCUT2D eigenvalue weighted by Gasteiger charge is -2.05. The van der Waals surface area contributed by atoms with Gasteiger partial charge in [0.1, 0.15) is 11.6 Å². The topological polar surface area (TPSA) is 37.0 Å². The van der Waals surface area contributed by atoms with E-state index in [0.29, 0.717) is 0 Å². The molecular formula is C11H12BrN3S. The van der Waals surface area contributed by atoms with Gasteiger partial charge in [-0.3, -0.25) is 0 Å². The molecule has 2 heterocycles. The second-order valence-electron chi connectivity index (χ2n) is 3.24. The monoisotopic (exact) mass is 297 g/mol. The molecule has 0 radical (unpaired) electrons. The second kappa shape index (κ2) is 5.32. The van der Waals surface area contributed by atoms with E-state index in [4.69, 9.17) is 0 Å². The van der Waals surface area contributed by atoms with Crippen molar-refractivity contribution in [3.05, 3.63) is 39.0 Å². The maximum Gasteiger partial charge on any atom is 0.128 e. The molecule has 0 atom stereocenters. The van der Waals surface area contributed by atoms with Gasteiger partial charge in [0.05, 0.1) is 6.54 Å². The first-order valence-electron chi connectivity index (χ1n) is 4.89. The number of anilines is 2. The van der Waals surface area contributed by atoms with E-state index in [9.17, 15) is 0 Å². The average molecular weight is 298 g/mol. The predicted molar refractivity (Wildman–Crippen MR) is 73.1 cm³/mol. The summed E-state index contributed by atoms with van der Waals surface area (Å²) in [5.41, 5.74) is 0. The van der Waals surface area contributed by atoms with Gasteiger partial charge in [-0.05, 0) is 34.1 Å². The number of hydrogen-bond acceptors (Lipinski definition) is 4. The highest BCUT2D eigenvalue weighted by atomic mass is 79.9. The lowest BCUT2D eigenvalue weighted by molar-refractivity contribution is 1.14. The van der Waals surface area contributed by atoms with E-state index in [2.05, 4.69) is 43.0 Å². The zero-order valence-corrected chi connectivity index (χ0v) is 11.2. The Labute approximate surface area is 107 Å². The highest BCUT2D eigenvalue weighted by Crippen LogP contribution is 2.20. The molecule has 0 aromatic carbocycles. The van der Waals surface area contributed by atoms with Gasteiger partial charge in [0, 0.05) is 21.8 Å². The molecule has 0 bridgehead atoms. The van der Waals surface area contributed by atoms with Crippen LogP contribution in [0.4, 0.5) is 11.6 Å². The van der Waals surface area contributed by atoms with Gasteiger partial charge in [-0.2, -0.15) is 0 Å². The first-order chi connectivity index (χ1) is 7.78. The van der Waals surface area contributed by atoms with Crippen LogP contribution in [0.25, 0.3) is 0 Å². The van der Waals surface area contributed by atoms with E-state index in [1.807, 2.05) is 25.2 Å². The Balaban J connectivity index is 1.99. The van der Waals surface area contributed by atoms with Crippen LogP contribution in [0.3, 0.4) is 0 Å². The number of thiophene rings is 1. The van der Waals surface area contributed by atoms with Crippen LogP contribution in [0.15, 0.2) is 34.1 Å². The fourth-order valence-corrected chi connectivity index (χ4v) is 2.69. The number of nitrogens with zero attached hydrogens (tertiary/aromatic N) is 1. The van der Waals surface area contributed by atoms with E-state index in [1.165, 1.54) is 4.88 Å². The van der Waals surface area contributed by atoms with Crippen molar-refractivity contribution in [2.75, 3.05) is 17.7 Å². The Morgan fingerprint density at radius 1 is 1.38 bits per heavy atom. The Morgan fingerprint density at radius 2 is 2.19 bits per heavy atom. The van der Waals surface area contributed by atoms with E-state index < -0.39 is 0 Å².